The monoisotopic (exact) mass is 343 g/mol. The SMILES string of the molecule is CN1C(C(O)/C=C/c2ccccc2)C(=O)c2ccccc2S1(=O)=O. The maximum Gasteiger partial charge on any atom is 0.244 e. The highest BCUT2D eigenvalue weighted by atomic mass is 32.2. The lowest BCUT2D eigenvalue weighted by Crippen LogP contribution is -2.52. The van der Waals surface area contributed by atoms with Gasteiger partial charge in [-0.25, -0.2) is 8.42 Å². The molecule has 3 rings (SSSR count). The Morgan fingerprint density at radius 2 is 1.71 bits per heavy atom. The van der Waals surface area contributed by atoms with Gasteiger partial charge in [0.25, 0.3) is 0 Å². The summed E-state index contributed by atoms with van der Waals surface area (Å²) in [4.78, 5) is 12.6. The molecule has 0 amide bonds. The molecule has 1 N–H and O–H groups in total. The summed E-state index contributed by atoms with van der Waals surface area (Å²) in [6.45, 7) is 0. The highest BCUT2D eigenvalue weighted by Crippen LogP contribution is 2.30. The van der Waals surface area contributed by atoms with E-state index in [0.717, 1.165) is 9.87 Å². The summed E-state index contributed by atoms with van der Waals surface area (Å²) in [5, 5.41) is 10.4. The number of likely N-dealkylation sites (N-methyl/N-ethyl adjacent to an activating group) is 1. The summed E-state index contributed by atoms with van der Waals surface area (Å²) < 4.78 is 26.1. The first-order valence-electron chi connectivity index (χ1n) is 7.45. The van der Waals surface area contributed by atoms with Crippen molar-refractivity contribution in [1.29, 1.82) is 0 Å². The summed E-state index contributed by atoms with van der Waals surface area (Å²) in [5.41, 5.74) is 0.971. The largest absolute Gasteiger partial charge is 0.387 e. The average molecular weight is 343 g/mol. The molecule has 1 aliphatic rings. The van der Waals surface area contributed by atoms with Crippen LogP contribution in [0.2, 0.25) is 0 Å². The normalized spacial score (nSPS) is 21.6. The van der Waals surface area contributed by atoms with Gasteiger partial charge in [-0.2, -0.15) is 4.31 Å². The molecule has 1 heterocycles. The second-order valence-electron chi connectivity index (χ2n) is 5.59. The quantitative estimate of drug-likeness (QED) is 0.924. The molecule has 0 radical (unpaired) electrons. The molecule has 124 valence electrons. The van der Waals surface area contributed by atoms with Crippen LogP contribution in [0.15, 0.2) is 65.6 Å². The Balaban J connectivity index is 1.96. The van der Waals surface area contributed by atoms with E-state index in [1.165, 1.54) is 25.3 Å². The molecule has 0 spiro atoms. The molecule has 2 unspecified atom stereocenters. The molecule has 6 heteroatoms. The number of hydrogen-bond donors (Lipinski definition) is 1. The Morgan fingerprint density at radius 3 is 2.42 bits per heavy atom. The predicted octanol–water partition coefficient (Wildman–Crippen LogP) is 1.95. The molecule has 5 nitrogen and oxygen atoms in total. The van der Waals surface area contributed by atoms with Crippen LogP contribution < -0.4 is 0 Å². The fourth-order valence-electron chi connectivity index (χ4n) is 2.77. The van der Waals surface area contributed by atoms with Crippen molar-refractivity contribution in [3.05, 3.63) is 71.8 Å². The third-order valence-electron chi connectivity index (χ3n) is 4.08. The Kier molecular flexibility index (Phi) is 4.36. The van der Waals surface area contributed by atoms with E-state index in [1.807, 2.05) is 30.3 Å². The Morgan fingerprint density at radius 1 is 1.08 bits per heavy atom. The van der Waals surface area contributed by atoms with E-state index in [2.05, 4.69) is 0 Å². The number of aliphatic hydroxyl groups is 1. The van der Waals surface area contributed by atoms with Crippen LogP contribution in [-0.2, 0) is 10.0 Å². The van der Waals surface area contributed by atoms with Crippen LogP contribution in [0.3, 0.4) is 0 Å². The zero-order chi connectivity index (χ0) is 17.3. The minimum atomic E-state index is -3.81. The lowest BCUT2D eigenvalue weighted by atomic mass is 9.98. The van der Waals surface area contributed by atoms with Crippen molar-refractivity contribution in [3.8, 4) is 0 Å². The van der Waals surface area contributed by atoms with Crippen LogP contribution in [0.5, 0.6) is 0 Å². The van der Waals surface area contributed by atoms with E-state index in [-0.39, 0.29) is 10.5 Å². The Bertz CT molecular complexity index is 890. The number of hydrogen-bond acceptors (Lipinski definition) is 4. The summed E-state index contributed by atoms with van der Waals surface area (Å²) in [6.07, 6.45) is 1.86. The predicted molar refractivity (Wildman–Crippen MR) is 91.0 cm³/mol. The third kappa shape index (κ3) is 2.80. The highest BCUT2D eigenvalue weighted by molar-refractivity contribution is 7.89. The highest BCUT2D eigenvalue weighted by Gasteiger charge is 2.44. The van der Waals surface area contributed by atoms with Crippen molar-refractivity contribution in [2.75, 3.05) is 7.05 Å². The minimum Gasteiger partial charge on any atom is -0.387 e. The van der Waals surface area contributed by atoms with Gasteiger partial charge < -0.3 is 5.11 Å². The lowest BCUT2D eigenvalue weighted by molar-refractivity contribution is 0.0739. The van der Waals surface area contributed by atoms with Gasteiger partial charge in [-0.1, -0.05) is 54.6 Å². The van der Waals surface area contributed by atoms with Gasteiger partial charge in [-0.3, -0.25) is 4.79 Å². The summed E-state index contributed by atoms with van der Waals surface area (Å²) in [7, 11) is -2.50. The summed E-state index contributed by atoms with van der Waals surface area (Å²) >= 11 is 0. The van der Waals surface area contributed by atoms with Crippen LogP contribution >= 0.6 is 0 Å². The van der Waals surface area contributed by atoms with E-state index < -0.39 is 28.0 Å². The number of aliphatic hydroxyl groups excluding tert-OH is 1. The van der Waals surface area contributed by atoms with Gasteiger partial charge in [-0.05, 0) is 17.7 Å². The molecule has 2 aromatic rings. The van der Waals surface area contributed by atoms with Gasteiger partial charge in [0.2, 0.25) is 10.0 Å². The number of sulfonamides is 1. The van der Waals surface area contributed by atoms with E-state index in [9.17, 15) is 18.3 Å². The van der Waals surface area contributed by atoms with Crippen molar-refractivity contribution in [3.63, 3.8) is 0 Å². The molecule has 0 saturated carbocycles. The van der Waals surface area contributed by atoms with Crippen molar-refractivity contribution in [2.24, 2.45) is 0 Å². The van der Waals surface area contributed by atoms with Crippen molar-refractivity contribution in [1.82, 2.24) is 4.31 Å². The Hall–Kier alpha value is -2.28. The molecule has 2 aromatic carbocycles. The molecule has 1 aliphatic heterocycles. The topological polar surface area (TPSA) is 74.7 Å². The molecule has 0 bridgehead atoms. The molecule has 0 saturated heterocycles. The van der Waals surface area contributed by atoms with Gasteiger partial charge >= 0.3 is 0 Å². The van der Waals surface area contributed by atoms with Crippen molar-refractivity contribution >= 4 is 21.9 Å². The molecular weight excluding hydrogens is 326 g/mol. The smallest absolute Gasteiger partial charge is 0.244 e. The first-order chi connectivity index (χ1) is 11.4. The number of nitrogens with zero attached hydrogens (tertiary/aromatic N) is 1. The molecule has 2 atom stereocenters. The maximum absolute atomic E-state index is 12.7. The fraction of sp³-hybridized carbons (Fsp3) is 0.167. The van der Waals surface area contributed by atoms with Gasteiger partial charge in [0.15, 0.2) is 5.78 Å². The van der Waals surface area contributed by atoms with E-state index in [1.54, 1.807) is 18.2 Å². The zero-order valence-electron chi connectivity index (χ0n) is 13.0. The van der Waals surface area contributed by atoms with Crippen LogP contribution in [0, 0.1) is 0 Å². The van der Waals surface area contributed by atoms with Crippen LogP contribution in [-0.4, -0.2) is 42.8 Å². The van der Waals surface area contributed by atoms with E-state index in [4.69, 9.17) is 0 Å². The van der Waals surface area contributed by atoms with Crippen molar-refractivity contribution in [2.45, 2.75) is 17.0 Å². The first kappa shape index (κ1) is 16.6. The van der Waals surface area contributed by atoms with E-state index in [0.29, 0.717) is 0 Å². The molecular formula is C18H17NO4S. The van der Waals surface area contributed by atoms with Crippen LogP contribution in [0.4, 0.5) is 0 Å². The van der Waals surface area contributed by atoms with Crippen LogP contribution in [0.1, 0.15) is 15.9 Å². The third-order valence-corrected chi connectivity index (χ3v) is 5.98. The average Bonchev–Trinajstić information content (AvgIpc) is 2.60. The van der Waals surface area contributed by atoms with E-state index >= 15 is 0 Å². The second-order valence-corrected chi connectivity index (χ2v) is 7.55. The minimum absolute atomic E-state index is 0.0204. The number of fused-ring (bicyclic) bond motifs is 1. The number of ketones is 1. The number of carbonyl (C=O) groups is 1. The van der Waals surface area contributed by atoms with Gasteiger partial charge in [0.05, 0.1) is 11.0 Å². The van der Waals surface area contributed by atoms with Crippen LogP contribution in [0.25, 0.3) is 6.08 Å². The molecule has 0 fully saturated rings. The Labute approximate surface area is 140 Å². The van der Waals surface area contributed by atoms with Gasteiger partial charge in [0, 0.05) is 12.6 Å². The number of benzene rings is 2. The fourth-order valence-corrected chi connectivity index (χ4v) is 4.30. The number of rotatable bonds is 3. The number of Topliss-reactive ketones (excluding diaryl/α,β-unsaturated/α-hetero) is 1. The maximum atomic E-state index is 12.7. The summed E-state index contributed by atoms with van der Waals surface area (Å²) in [6, 6.07) is 14.2. The molecule has 0 aliphatic carbocycles. The summed E-state index contributed by atoms with van der Waals surface area (Å²) in [5.74, 6) is -0.409. The van der Waals surface area contributed by atoms with Gasteiger partial charge in [-0.15, -0.1) is 0 Å². The van der Waals surface area contributed by atoms with Gasteiger partial charge in [0.1, 0.15) is 6.04 Å². The van der Waals surface area contributed by atoms with Crippen molar-refractivity contribution < 1.29 is 18.3 Å². The lowest BCUT2D eigenvalue weighted by Gasteiger charge is -2.33. The standard InChI is InChI=1S/C18H17NO4S/c1-19-17(15(20)12-11-13-7-3-2-4-8-13)18(21)14-9-5-6-10-16(14)24(19,22)23/h2-12,15,17,20H,1H3/b12-11+. The molecule has 24 heavy (non-hydrogen) atoms. The second kappa shape index (κ2) is 6.32. The number of carbonyl (C=O) groups excluding carboxylic acids is 1. The zero-order valence-corrected chi connectivity index (χ0v) is 13.8. The molecule has 0 aromatic heterocycles. The first-order valence-corrected chi connectivity index (χ1v) is 8.89.